The van der Waals surface area contributed by atoms with Crippen LogP contribution in [0.5, 0.6) is 11.5 Å². The van der Waals surface area contributed by atoms with Crippen molar-refractivity contribution < 1.29 is 9.47 Å². The molecule has 2 aromatic carbocycles. The molecule has 8 heteroatoms. The van der Waals surface area contributed by atoms with Crippen LogP contribution in [0, 0.1) is 0 Å². The Hall–Kier alpha value is -2.58. The van der Waals surface area contributed by atoms with Gasteiger partial charge in [0.25, 0.3) is 0 Å². The van der Waals surface area contributed by atoms with Gasteiger partial charge in [0.05, 0.1) is 14.2 Å². The summed E-state index contributed by atoms with van der Waals surface area (Å²) >= 11 is 11.2. The van der Waals surface area contributed by atoms with Crippen molar-refractivity contribution in [3.05, 3.63) is 59.7 Å². The predicted octanol–water partition coefficient (Wildman–Crippen LogP) is 2.70. The second-order valence-corrected chi connectivity index (χ2v) is 6.65. The highest BCUT2D eigenvalue weighted by Gasteiger charge is 2.48. The van der Waals surface area contributed by atoms with Gasteiger partial charge in [-0.05, 0) is 36.6 Å². The van der Waals surface area contributed by atoms with Crippen LogP contribution in [0.25, 0.3) is 0 Å². The van der Waals surface area contributed by atoms with E-state index in [-0.39, 0.29) is 12.3 Å². The lowest BCUT2D eigenvalue weighted by molar-refractivity contribution is 0.111. The Bertz CT molecular complexity index is 804. The van der Waals surface area contributed by atoms with Gasteiger partial charge < -0.3 is 20.1 Å². The highest BCUT2D eigenvalue weighted by molar-refractivity contribution is 7.80. The molecule has 2 fully saturated rings. The maximum atomic E-state index is 5.61. The topological polar surface area (TPSA) is 49.0 Å². The molecule has 0 bridgehead atoms. The van der Waals surface area contributed by atoms with E-state index in [0.717, 1.165) is 22.6 Å². The molecule has 2 unspecified atom stereocenters. The molecular formula is C18H18N4O2S2. The van der Waals surface area contributed by atoms with Gasteiger partial charge in [0.1, 0.15) is 11.5 Å². The van der Waals surface area contributed by atoms with Crippen molar-refractivity contribution in [2.45, 2.75) is 12.3 Å². The summed E-state index contributed by atoms with van der Waals surface area (Å²) in [6, 6.07) is 15.7. The van der Waals surface area contributed by atoms with E-state index < -0.39 is 0 Å². The summed E-state index contributed by atoms with van der Waals surface area (Å²) in [5.41, 5.74) is 1.93. The Morgan fingerprint density at radius 3 is 1.50 bits per heavy atom. The molecule has 0 amide bonds. The number of nitrogens with zero attached hydrogens (tertiary/aromatic N) is 2. The number of rotatable bonds is 4. The van der Waals surface area contributed by atoms with Gasteiger partial charge in [-0.25, -0.2) is 10.0 Å². The first-order valence-electron chi connectivity index (χ1n) is 8.11. The number of nitrogens with one attached hydrogen (secondary N) is 2. The molecule has 2 N–H and O–H groups in total. The van der Waals surface area contributed by atoms with Crippen LogP contribution >= 0.6 is 24.4 Å². The Kier molecular flexibility index (Phi) is 4.29. The summed E-state index contributed by atoms with van der Waals surface area (Å²) in [5, 5.41) is 11.8. The van der Waals surface area contributed by atoms with Gasteiger partial charge in [0, 0.05) is 11.1 Å². The molecule has 134 valence electrons. The summed E-state index contributed by atoms with van der Waals surface area (Å²) in [7, 11) is 3.31. The maximum Gasteiger partial charge on any atom is 0.192 e. The van der Waals surface area contributed by atoms with E-state index in [1.807, 2.05) is 58.5 Å². The minimum atomic E-state index is -0.238. The van der Waals surface area contributed by atoms with Crippen molar-refractivity contribution in [1.82, 2.24) is 20.7 Å². The van der Waals surface area contributed by atoms with Crippen LogP contribution < -0.4 is 20.1 Å². The van der Waals surface area contributed by atoms with Crippen LogP contribution in [0.1, 0.15) is 23.5 Å². The number of benzene rings is 2. The second-order valence-electron chi connectivity index (χ2n) is 5.88. The Balaban J connectivity index is 1.74. The molecule has 2 aromatic rings. The number of para-hydroxylation sites is 2. The third kappa shape index (κ3) is 2.53. The van der Waals surface area contributed by atoms with Gasteiger partial charge in [-0.3, -0.25) is 0 Å². The van der Waals surface area contributed by atoms with Gasteiger partial charge in [-0.15, -0.1) is 0 Å². The quantitative estimate of drug-likeness (QED) is 0.778. The third-order valence-electron chi connectivity index (χ3n) is 4.52. The van der Waals surface area contributed by atoms with Crippen molar-refractivity contribution in [2.24, 2.45) is 0 Å². The van der Waals surface area contributed by atoms with E-state index in [0.29, 0.717) is 10.2 Å². The molecule has 2 heterocycles. The van der Waals surface area contributed by atoms with Crippen LogP contribution in [-0.4, -0.2) is 34.5 Å². The molecule has 0 aromatic heterocycles. The zero-order chi connectivity index (χ0) is 18.3. The minimum Gasteiger partial charge on any atom is -0.496 e. The highest BCUT2D eigenvalue weighted by Crippen LogP contribution is 2.41. The fourth-order valence-electron chi connectivity index (χ4n) is 3.37. The van der Waals surface area contributed by atoms with Crippen molar-refractivity contribution in [3.8, 4) is 11.5 Å². The molecule has 2 saturated heterocycles. The number of methoxy groups -OCH3 is 2. The average molecular weight is 387 g/mol. The SMILES string of the molecule is COc1ccccc1C1NC(=S)N2C(c3ccccc3OC)NC(=S)N12. The van der Waals surface area contributed by atoms with E-state index in [1.165, 1.54) is 0 Å². The molecule has 2 aliphatic rings. The van der Waals surface area contributed by atoms with Gasteiger partial charge in [0.2, 0.25) is 0 Å². The van der Waals surface area contributed by atoms with Crippen LogP contribution in [0.2, 0.25) is 0 Å². The molecule has 0 radical (unpaired) electrons. The van der Waals surface area contributed by atoms with E-state index >= 15 is 0 Å². The van der Waals surface area contributed by atoms with E-state index in [2.05, 4.69) is 10.6 Å². The summed E-state index contributed by atoms with van der Waals surface area (Å²) in [6.45, 7) is 0. The number of ether oxygens (including phenoxy) is 2. The molecule has 2 aliphatic heterocycles. The summed E-state index contributed by atoms with van der Waals surface area (Å²) < 4.78 is 11.0. The molecule has 6 nitrogen and oxygen atoms in total. The lowest BCUT2D eigenvalue weighted by atomic mass is 10.1. The highest BCUT2D eigenvalue weighted by atomic mass is 32.1. The fourth-order valence-corrected chi connectivity index (χ4v) is 3.98. The average Bonchev–Trinajstić information content (AvgIpc) is 3.20. The van der Waals surface area contributed by atoms with Crippen molar-refractivity contribution >= 4 is 34.7 Å². The molecule has 0 spiro atoms. The van der Waals surface area contributed by atoms with Crippen molar-refractivity contribution in [3.63, 3.8) is 0 Å². The monoisotopic (exact) mass is 386 g/mol. The largest absolute Gasteiger partial charge is 0.496 e. The molecule has 2 atom stereocenters. The Labute approximate surface area is 162 Å². The zero-order valence-electron chi connectivity index (χ0n) is 14.3. The third-order valence-corrected chi connectivity index (χ3v) is 5.13. The van der Waals surface area contributed by atoms with E-state index in [9.17, 15) is 0 Å². The zero-order valence-corrected chi connectivity index (χ0v) is 15.9. The molecule has 0 aliphatic carbocycles. The van der Waals surface area contributed by atoms with Gasteiger partial charge in [-0.1, -0.05) is 36.4 Å². The number of hydrogen-bond donors (Lipinski definition) is 2. The summed E-state index contributed by atoms with van der Waals surface area (Å²) in [4.78, 5) is 0. The number of fused-ring (bicyclic) bond motifs is 1. The molecule has 26 heavy (non-hydrogen) atoms. The normalized spacial score (nSPS) is 21.3. The summed E-state index contributed by atoms with van der Waals surface area (Å²) in [5.74, 6) is 1.55. The smallest absolute Gasteiger partial charge is 0.192 e. The first kappa shape index (κ1) is 16.9. The molecular weight excluding hydrogens is 368 g/mol. The van der Waals surface area contributed by atoms with Crippen LogP contribution in [0.15, 0.2) is 48.5 Å². The number of thiocarbonyl (C=S) groups is 2. The standard InChI is InChI=1S/C18H18N4O2S2/c1-23-13-9-5-3-7-11(13)15-19-17(25)22-16(20-18(26)21(15)22)12-8-4-6-10-14(12)24-2/h3-10,15-16H,1-2H3,(H,19,25)(H,20,26). The lowest BCUT2D eigenvalue weighted by Crippen LogP contribution is -2.36. The number of hydrazine groups is 1. The van der Waals surface area contributed by atoms with Gasteiger partial charge in [-0.2, -0.15) is 0 Å². The Morgan fingerprint density at radius 1 is 0.731 bits per heavy atom. The van der Waals surface area contributed by atoms with E-state index in [4.69, 9.17) is 33.9 Å². The first-order chi connectivity index (χ1) is 12.7. The predicted molar refractivity (Wildman–Crippen MR) is 107 cm³/mol. The molecule has 4 rings (SSSR count). The Morgan fingerprint density at radius 2 is 1.12 bits per heavy atom. The molecule has 0 saturated carbocycles. The van der Waals surface area contributed by atoms with Gasteiger partial charge >= 0.3 is 0 Å². The van der Waals surface area contributed by atoms with Gasteiger partial charge in [0.15, 0.2) is 22.6 Å². The number of hydrogen-bond acceptors (Lipinski definition) is 4. The van der Waals surface area contributed by atoms with Crippen molar-refractivity contribution in [2.75, 3.05) is 14.2 Å². The van der Waals surface area contributed by atoms with Crippen LogP contribution in [0.3, 0.4) is 0 Å². The van der Waals surface area contributed by atoms with Crippen molar-refractivity contribution in [1.29, 1.82) is 0 Å². The second kappa shape index (κ2) is 6.62. The maximum absolute atomic E-state index is 5.61. The van der Waals surface area contributed by atoms with Crippen LogP contribution in [0.4, 0.5) is 0 Å². The van der Waals surface area contributed by atoms with E-state index in [1.54, 1.807) is 14.2 Å². The fraction of sp³-hybridized carbons (Fsp3) is 0.222. The van der Waals surface area contributed by atoms with Crippen LogP contribution in [-0.2, 0) is 0 Å². The first-order valence-corrected chi connectivity index (χ1v) is 8.92. The summed E-state index contributed by atoms with van der Waals surface area (Å²) in [6.07, 6.45) is -0.475. The minimum absolute atomic E-state index is 0.238. The lowest BCUT2D eigenvalue weighted by Gasteiger charge is -2.27.